The molecule has 1 rings (SSSR count). The average Bonchev–Trinajstić information content (AvgIpc) is 2.77. The molecule has 104 valence electrons. The highest BCUT2D eigenvalue weighted by molar-refractivity contribution is 7.91. The molecule has 18 heavy (non-hydrogen) atoms. The maximum Gasteiger partial charge on any atom is 0.273 e. The van der Waals surface area contributed by atoms with Gasteiger partial charge in [-0.15, -0.1) is 0 Å². The van der Waals surface area contributed by atoms with E-state index >= 15 is 0 Å². The first kappa shape index (κ1) is 15.2. The lowest BCUT2D eigenvalue weighted by Gasteiger charge is -2.04. The fourth-order valence-corrected chi connectivity index (χ4v) is 2.94. The molecule has 7 nitrogen and oxygen atoms in total. The largest absolute Gasteiger partial charge is 0.446 e. The highest BCUT2D eigenvalue weighted by Gasteiger charge is 2.19. The minimum atomic E-state index is -3.87. The first-order valence-electron chi connectivity index (χ1n) is 5.20. The van der Waals surface area contributed by atoms with E-state index in [1.54, 1.807) is 0 Å². The zero-order valence-corrected chi connectivity index (χ0v) is 11.4. The van der Waals surface area contributed by atoms with Gasteiger partial charge in [0.1, 0.15) is 12.4 Å². The first-order valence-corrected chi connectivity index (χ1v) is 8.51. The Kier molecular flexibility index (Phi) is 4.91. The summed E-state index contributed by atoms with van der Waals surface area (Å²) in [6.07, 6.45) is 0. The van der Waals surface area contributed by atoms with Crippen molar-refractivity contribution in [3.05, 3.63) is 17.9 Å². The number of hydrogen-bond acceptors (Lipinski definition) is 6. The fraction of sp³-hybridized carbons (Fsp3) is 0.556. The van der Waals surface area contributed by atoms with E-state index in [9.17, 15) is 16.8 Å². The van der Waals surface area contributed by atoms with Gasteiger partial charge in [0.25, 0.3) is 10.0 Å². The molecule has 0 saturated carbocycles. The molecule has 0 bridgehead atoms. The van der Waals surface area contributed by atoms with E-state index in [0.717, 1.165) is 0 Å². The Morgan fingerprint density at radius 1 is 1.28 bits per heavy atom. The van der Waals surface area contributed by atoms with Gasteiger partial charge < -0.3 is 9.52 Å². The van der Waals surface area contributed by atoms with Gasteiger partial charge in [0, 0.05) is 12.3 Å². The van der Waals surface area contributed by atoms with Crippen LogP contribution in [-0.4, -0.2) is 40.0 Å². The molecule has 0 aromatic carbocycles. The van der Waals surface area contributed by atoms with Gasteiger partial charge in [-0.2, -0.15) is 0 Å². The van der Waals surface area contributed by atoms with Gasteiger partial charge >= 0.3 is 0 Å². The monoisotopic (exact) mass is 297 g/mol. The Morgan fingerprint density at radius 3 is 2.44 bits per heavy atom. The normalized spacial score (nSPS) is 12.8. The third-order valence-corrected chi connectivity index (χ3v) is 5.24. The Labute approximate surface area is 106 Å². The van der Waals surface area contributed by atoms with Gasteiger partial charge in [0.15, 0.2) is 9.84 Å². The van der Waals surface area contributed by atoms with E-state index < -0.39 is 26.5 Å². The van der Waals surface area contributed by atoms with Crippen LogP contribution in [0.15, 0.2) is 21.6 Å². The van der Waals surface area contributed by atoms with Crippen LogP contribution in [0.4, 0.5) is 0 Å². The molecule has 0 aliphatic carbocycles. The SMILES string of the molecule is CCS(=O)(=O)CCNS(=O)(=O)c1ccc(CO)o1. The van der Waals surface area contributed by atoms with Crippen LogP contribution < -0.4 is 4.72 Å². The predicted octanol–water partition coefficient (Wildman–Crippen LogP) is -0.515. The lowest BCUT2D eigenvalue weighted by Crippen LogP contribution is -2.29. The number of furan rings is 1. The molecule has 1 heterocycles. The second-order valence-corrected chi connectivity index (χ2v) is 7.68. The minimum Gasteiger partial charge on any atom is -0.446 e. The van der Waals surface area contributed by atoms with Crippen LogP contribution >= 0.6 is 0 Å². The van der Waals surface area contributed by atoms with Gasteiger partial charge in [-0.1, -0.05) is 6.92 Å². The average molecular weight is 297 g/mol. The molecule has 0 spiro atoms. The van der Waals surface area contributed by atoms with Gasteiger partial charge in [-0.05, 0) is 12.1 Å². The maximum atomic E-state index is 11.7. The van der Waals surface area contributed by atoms with Crippen LogP contribution in [0.1, 0.15) is 12.7 Å². The molecule has 0 saturated heterocycles. The molecule has 9 heteroatoms. The van der Waals surface area contributed by atoms with Crippen molar-refractivity contribution >= 4 is 19.9 Å². The van der Waals surface area contributed by atoms with Crippen LogP contribution in [0.2, 0.25) is 0 Å². The van der Waals surface area contributed by atoms with Crippen molar-refractivity contribution in [2.24, 2.45) is 0 Å². The second kappa shape index (κ2) is 5.83. The second-order valence-electron chi connectivity index (χ2n) is 3.51. The highest BCUT2D eigenvalue weighted by atomic mass is 32.2. The van der Waals surface area contributed by atoms with Crippen molar-refractivity contribution in [3.63, 3.8) is 0 Å². The van der Waals surface area contributed by atoms with E-state index in [0.29, 0.717) is 0 Å². The summed E-state index contributed by atoms with van der Waals surface area (Å²) in [6, 6.07) is 2.53. The molecule has 2 N–H and O–H groups in total. The third-order valence-electron chi connectivity index (χ3n) is 2.20. The molecule has 0 radical (unpaired) electrons. The van der Waals surface area contributed by atoms with Crippen molar-refractivity contribution in [1.82, 2.24) is 4.72 Å². The van der Waals surface area contributed by atoms with Gasteiger partial charge in [0.05, 0.1) is 5.75 Å². The predicted molar refractivity (Wildman–Crippen MR) is 64.1 cm³/mol. The molecule has 1 aromatic heterocycles. The Morgan fingerprint density at radius 2 is 1.94 bits per heavy atom. The zero-order valence-electron chi connectivity index (χ0n) is 9.79. The minimum absolute atomic E-state index is 0.0376. The molecule has 0 unspecified atom stereocenters. The third kappa shape index (κ3) is 4.09. The van der Waals surface area contributed by atoms with Crippen molar-refractivity contribution in [2.75, 3.05) is 18.1 Å². The first-order chi connectivity index (χ1) is 8.30. The van der Waals surface area contributed by atoms with E-state index in [1.165, 1.54) is 19.1 Å². The van der Waals surface area contributed by atoms with Crippen LogP contribution in [-0.2, 0) is 26.5 Å². The van der Waals surface area contributed by atoms with Crippen LogP contribution in [0.5, 0.6) is 0 Å². The summed E-state index contributed by atoms with van der Waals surface area (Å²) >= 11 is 0. The zero-order chi connectivity index (χ0) is 13.8. The number of hydrogen-bond donors (Lipinski definition) is 2. The van der Waals surface area contributed by atoms with Gasteiger partial charge in [0.2, 0.25) is 5.09 Å². The Bertz CT molecular complexity index is 586. The van der Waals surface area contributed by atoms with Crippen molar-refractivity contribution in [1.29, 1.82) is 0 Å². The standard InChI is InChI=1S/C9H15NO6S2/c1-2-17(12,13)6-5-10-18(14,15)9-4-3-8(7-11)16-9/h3-4,10-11H,2,5-7H2,1H3. The van der Waals surface area contributed by atoms with Crippen molar-refractivity contribution in [3.8, 4) is 0 Å². The molecular weight excluding hydrogens is 282 g/mol. The molecule has 1 aromatic rings. The van der Waals surface area contributed by atoms with E-state index in [-0.39, 0.29) is 28.9 Å². The summed E-state index contributed by atoms with van der Waals surface area (Å²) in [6.45, 7) is 0.872. The lowest BCUT2D eigenvalue weighted by atomic mass is 10.5. The van der Waals surface area contributed by atoms with Gasteiger partial charge in [-0.3, -0.25) is 0 Å². The number of rotatable bonds is 7. The van der Waals surface area contributed by atoms with Crippen molar-refractivity contribution in [2.45, 2.75) is 18.6 Å². The Hall–Kier alpha value is -0.900. The molecule has 0 aliphatic heterocycles. The molecule has 0 fully saturated rings. The number of nitrogens with one attached hydrogen (secondary N) is 1. The lowest BCUT2D eigenvalue weighted by molar-refractivity contribution is 0.236. The fourth-order valence-electron chi connectivity index (χ4n) is 1.13. The number of aliphatic hydroxyl groups is 1. The van der Waals surface area contributed by atoms with E-state index in [1.807, 2.05) is 0 Å². The maximum absolute atomic E-state index is 11.7. The summed E-state index contributed by atoms with van der Waals surface area (Å²) in [5.74, 6) is -0.183. The van der Waals surface area contributed by atoms with Crippen LogP contribution in [0.3, 0.4) is 0 Å². The van der Waals surface area contributed by atoms with Crippen LogP contribution in [0, 0.1) is 0 Å². The topological polar surface area (TPSA) is 114 Å². The summed E-state index contributed by atoms with van der Waals surface area (Å²) in [5.41, 5.74) is 0. The van der Waals surface area contributed by atoms with Crippen molar-refractivity contribution < 1.29 is 26.4 Å². The van der Waals surface area contributed by atoms with Gasteiger partial charge in [-0.25, -0.2) is 21.6 Å². The molecular formula is C9H15NO6S2. The van der Waals surface area contributed by atoms with E-state index in [2.05, 4.69) is 4.72 Å². The highest BCUT2D eigenvalue weighted by Crippen LogP contribution is 2.13. The van der Waals surface area contributed by atoms with E-state index in [4.69, 9.17) is 9.52 Å². The summed E-state index contributed by atoms with van der Waals surface area (Å²) in [7, 11) is -7.09. The molecule has 0 atom stereocenters. The smallest absolute Gasteiger partial charge is 0.273 e. The number of aliphatic hydroxyl groups excluding tert-OH is 1. The Balaban J connectivity index is 2.66. The number of sulfonamides is 1. The summed E-state index contributed by atoms with van der Waals surface area (Å²) in [5, 5.41) is 8.40. The quantitative estimate of drug-likeness (QED) is 0.700. The molecule has 0 amide bonds. The summed E-state index contributed by atoms with van der Waals surface area (Å²) < 4.78 is 52.6. The molecule has 0 aliphatic rings. The summed E-state index contributed by atoms with van der Waals surface area (Å²) in [4.78, 5) is 0. The van der Waals surface area contributed by atoms with Crippen LogP contribution in [0.25, 0.3) is 0 Å². The number of sulfone groups is 1.